The number of rotatable bonds is 6. The molecule has 1 fully saturated rings. The molecule has 1 aliphatic heterocycles. The largest absolute Gasteiger partial charge is 0.435 e. The summed E-state index contributed by atoms with van der Waals surface area (Å²) in [5.41, 5.74) is 0.848. The van der Waals surface area contributed by atoms with Crippen LogP contribution in [-0.4, -0.2) is 40.8 Å². The Bertz CT molecular complexity index is 939. The van der Waals surface area contributed by atoms with Crippen LogP contribution in [0.25, 0.3) is 0 Å². The van der Waals surface area contributed by atoms with Crippen LogP contribution in [-0.2, 0) is 10.3 Å². The Hall–Kier alpha value is -3.23. The predicted molar refractivity (Wildman–Crippen MR) is 95.3 cm³/mol. The molecule has 2 N–H and O–H groups in total. The van der Waals surface area contributed by atoms with E-state index in [4.69, 9.17) is 0 Å². The van der Waals surface area contributed by atoms with Crippen LogP contribution in [0.5, 0.6) is 5.75 Å². The fraction of sp³-hybridized carbons (Fsp3) is 0.316. The minimum absolute atomic E-state index is 0.0653. The number of alkyl halides is 2. The quantitative estimate of drug-likeness (QED) is 0.585. The average molecular weight is 391 g/mol. The van der Waals surface area contributed by atoms with Crippen molar-refractivity contribution in [2.45, 2.75) is 32.9 Å². The van der Waals surface area contributed by atoms with Gasteiger partial charge in [-0.3, -0.25) is 14.5 Å². The summed E-state index contributed by atoms with van der Waals surface area (Å²) in [5, 5.41) is 2.57. The highest BCUT2D eigenvalue weighted by atomic mass is 19.3. The Labute approximate surface area is 159 Å². The van der Waals surface area contributed by atoms with Gasteiger partial charge in [-0.2, -0.15) is 8.78 Å². The van der Waals surface area contributed by atoms with Crippen molar-refractivity contribution in [3.8, 4) is 5.75 Å². The second-order valence-electron chi connectivity index (χ2n) is 6.76. The summed E-state index contributed by atoms with van der Waals surface area (Å²) in [6.07, 6.45) is 0. The van der Waals surface area contributed by atoms with E-state index in [2.05, 4.69) is 15.0 Å². The number of carbonyl (C=O) groups is 3. The van der Waals surface area contributed by atoms with E-state index in [0.717, 1.165) is 10.6 Å². The van der Waals surface area contributed by atoms with Crippen molar-refractivity contribution in [1.82, 2.24) is 15.2 Å². The second kappa shape index (κ2) is 7.06. The van der Waals surface area contributed by atoms with Gasteiger partial charge in [0.2, 0.25) is 0 Å². The summed E-state index contributed by atoms with van der Waals surface area (Å²) in [5.74, 6) is -1.03. The van der Waals surface area contributed by atoms with E-state index in [1.165, 1.54) is 31.2 Å². The number of ketones is 1. The van der Waals surface area contributed by atoms with E-state index in [0.29, 0.717) is 16.8 Å². The van der Waals surface area contributed by atoms with Crippen LogP contribution in [0, 0.1) is 13.8 Å². The monoisotopic (exact) mass is 391 g/mol. The van der Waals surface area contributed by atoms with E-state index in [1.807, 2.05) is 0 Å². The number of aromatic amines is 1. The topological polar surface area (TPSA) is 91.5 Å². The Kier molecular flexibility index (Phi) is 4.93. The maximum atomic E-state index is 12.9. The molecule has 1 atom stereocenters. The van der Waals surface area contributed by atoms with E-state index in [-0.39, 0.29) is 11.5 Å². The van der Waals surface area contributed by atoms with Gasteiger partial charge in [0, 0.05) is 17.0 Å². The van der Waals surface area contributed by atoms with Gasteiger partial charge in [0.25, 0.3) is 5.91 Å². The zero-order valence-electron chi connectivity index (χ0n) is 15.5. The third-order valence-electron chi connectivity index (χ3n) is 4.68. The number of hydrogen-bond acceptors (Lipinski definition) is 4. The first-order valence-corrected chi connectivity index (χ1v) is 8.50. The van der Waals surface area contributed by atoms with Crippen LogP contribution < -0.4 is 10.1 Å². The first-order chi connectivity index (χ1) is 13.1. The molecule has 2 aromatic rings. The van der Waals surface area contributed by atoms with Gasteiger partial charge in [0.1, 0.15) is 11.3 Å². The summed E-state index contributed by atoms with van der Waals surface area (Å²) >= 11 is 0. The Morgan fingerprint density at radius 2 is 1.86 bits per heavy atom. The Morgan fingerprint density at radius 3 is 2.39 bits per heavy atom. The van der Waals surface area contributed by atoms with E-state index in [9.17, 15) is 23.2 Å². The van der Waals surface area contributed by atoms with Gasteiger partial charge >= 0.3 is 12.6 Å². The number of imide groups is 1. The predicted octanol–water partition coefficient (Wildman–Crippen LogP) is 2.88. The van der Waals surface area contributed by atoms with Crippen molar-refractivity contribution in [3.63, 3.8) is 0 Å². The third kappa shape index (κ3) is 3.47. The molecule has 0 aliphatic carbocycles. The molecule has 28 heavy (non-hydrogen) atoms. The molecule has 1 aromatic heterocycles. The first-order valence-electron chi connectivity index (χ1n) is 8.50. The number of Topliss-reactive ketones (excluding diaryl/α,β-unsaturated/α-hetero) is 1. The van der Waals surface area contributed by atoms with Crippen molar-refractivity contribution in [2.75, 3.05) is 6.54 Å². The van der Waals surface area contributed by atoms with E-state index < -0.39 is 30.6 Å². The van der Waals surface area contributed by atoms with Crippen LogP contribution >= 0.6 is 0 Å². The fourth-order valence-corrected chi connectivity index (χ4v) is 3.25. The van der Waals surface area contributed by atoms with Gasteiger partial charge in [0.05, 0.1) is 6.54 Å². The summed E-state index contributed by atoms with van der Waals surface area (Å²) < 4.78 is 28.8. The van der Waals surface area contributed by atoms with Crippen LogP contribution in [0.1, 0.15) is 34.2 Å². The molecule has 148 valence electrons. The number of benzene rings is 1. The molecule has 0 unspecified atom stereocenters. The van der Waals surface area contributed by atoms with Crippen molar-refractivity contribution in [1.29, 1.82) is 0 Å². The minimum atomic E-state index is -2.96. The lowest BCUT2D eigenvalue weighted by Crippen LogP contribution is -2.41. The summed E-state index contributed by atoms with van der Waals surface area (Å²) in [6.45, 7) is 1.67. The average Bonchev–Trinajstić information content (AvgIpc) is 3.06. The Balaban J connectivity index is 1.80. The zero-order chi connectivity index (χ0) is 20.6. The highest BCUT2D eigenvalue weighted by Crippen LogP contribution is 2.30. The molecule has 7 nitrogen and oxygen atoms in total. The standard InChI is InChI=1S/C19H19F2N3O4/c1-10-8-14(11(2)22-10)15(25)9-24-16(26)19(3,23-18(24)27)12-4-6-13(7-5-12)28-17(20)21/h4-8,17,22H,9H2,1-3H3,(H,23,27)/t19-/m1/s1. The number of aryl methyl sites for hydroxylation is 2. The molecule has 9 heteroatoms. The van der Waals surface area contributed by atoms with Gasteiger partial charge in [-0.1, -0.05) is 12.1 Å². The number of H-pyrrole nitrogens is 1. The molecule has 1 saturated heterocycles. The van der Waals surface area contributed by atoms with E-state index >= 15 is 0 Å². The molecule has 1 aliphatic rings. The number of aromatic nitrogens is 1. The second-order valence-corrected chi connectivity index (χ2v) is 6.76. The lowest BCUT2D eigenvalue weighted by Gasteiger charge is -2.22. The molecule has 0 bridgehead atoms. The summed E-state index contributed by atoms with van der Waals surface area (Å²) in [4.78, 5) is 41.6. The van der Waals surface area contributed by atoms with Crippen LogP contribution in [0.3, 0.4) is 0 Å². The molecular weight excluding hydrogens is 372 g/mol. The lowest BCUT2D eigenvalue weighted by atomic mass is 9.92. The first kappa shape index (κ1) is 19.5. The maximum Gasteiger partial charge on any atom is 0.387 e. The molecule has 3 rings (SSSR count). The van der Waals surface area contributed by atoms with Gasteiger partial charge in [0.15, 0.2) is 5.78 Å². The van der Waals surface area contributed by atoms with Gasteiger partial charge in [-0.25, -0.2) is 4.79 Å². The molecule has 1 aromatic carbocycles. The maximum absolute atomic E-state index is 12.9. The number of halogens is 2. The minimum Gasteiger partial charge on any atom is -0.435 e. The highest BCUT2D eigenvalue weighted by Gasteiger charge is 2.49. The number of ether oxygens (including phenoxy) is 1. The zero-order valence-corrected chi connectivity index (χ0v) is 15.5. The molecule has 0 saturated carbocycles. The third-order valence-corrected chi connectivity index (χ3v) is 4.68. The van der Waals surface area contributed by atoms with Crippen molar-refractivity contribution in [2.24, 2.45) is 0 Å². The fourth-order valence-electron chi connectivity index (χ4n) is 3.25. The van der Waals surface area contributed by atoms with Crippen LogP contribution in [0.2, 0.25) is 0 Å². The molecule has 0 radical (unpaired) electrons. The number of nitrogens with zero attached hydrogens (tertiary/aromatic N) is 1. The molecular formula is C19H19F2N3O4. The lowest BCUT2D eigenvalue weighted by molar-refractivity contribution is -0.130. The smallest absolute Gasteiger partial charge is 0.387 e. The molecule has 3 amide bonds. The van der Waals surface area contributed by atoms with Gasteiger partial charge < -0.3 is 15.0 Å². The van der Waals surface area contributed by atoms with Crippen molar-refractivity contribution < 1.29 is 27.9 Å². The van der Waals surface area contributed by atoms with Crippen molar-refractivity contribution in [3.05, 3.63) is 52.8 Å². The number of nitrogens with one attached hydrogen (secondary N) is 2. The number of urea groups is 1. The number of amides is 3. The Morgan fingerprint density at radius 1 is 1.21 bits per heavy atom. The number of hydrogen-bond donors (Lipinski definition) is 2. The number of carbonyl (C=O) groups excluding carboxylic acids is 3. The SMILES string of the molecule is Cc1cc(C(=O)CN2C(=O)N[C@](C)(c3ccc(OC(F)F)cc3)C2=O)c(C)[nH]1. The van der Waals surface area contributed by atoms with Crippen LogP contribution in [0.15, 0.2) is 30.3 Å². The highest BCUT2D eigenvalue weighted by molar-refractivity contribution is 6.11. The molecule has 0 spiro atoms. The van der Waals surface area contributed by atoms with Crippen molar-refractivity contribution >= 4 is 17.7 Å². The van der Waals surface area contributed by atoms with Crippen LogP contribution in [0.4, 0.5) is 13.6 Å². The van der Waals surface area contributed by atoms with Gasteiger partial charge in [-0.05, 0) is 44.5 Å². The van der Waals surface area contributed by atoms with Gasteiger partial charge in [-0.15, -0.1) is 0 Å². The summed E-state index contributed by atoms with van der Waals surface area (Å²) in [7, 11) is 0. The van der Waals surface area contributed by atoms with E-state index in [1.54, 1.807) is 19.9 Å². The summed E-state index contributed by atoms with van der Waals surface area (Å²) in [6, 6.07) is 6.37. The normalized spacial score (nSPS) is 19.3. The molecule has 2 heterocycles.